The Balaban J connectivity index is 2.54. The van der Waals surface area contributed by atoms with E-state index in [1.807, 2.05) is 13.8 Å². The summed E-state index contributed by atoms with van der Waals surface area (Å²) in [6.07, 6.45) is 0.739. The molecule has 0 fully saturated rings. The molecule has 0 aliphatic heterocycles. The Morgan fingerprint density at radius 3 is 2.25 bits per heavy atom. The zero-order valence-electron chi connectivity index (χ0n) is 13.3. The Labute approximate surface area is 122 Å². The van der Waals surface area contributed by atoms with Gasteiger partial charge in [-0.3, -0.25) is 0 Å². The SMILES string of the molecule is COCCOCCc1nc(C)c(CNC(C)C)c(C)n1. The van der Waals surface area contributed by atoms with Crippen LogP contribution in [0.4, 0.5) is 0 Å². The summed E-state index contributed by atoms with van der Waals surface area (Å²) in [5, 5.41) is 3.41. The second-order valence-electron chi connectivity index (χ2n) is 5.18. The van der Waals surface area contributed by atoms with Gasteiger partial charge in [-0.05, 0) is 13.8 Å². The molecule has 0 saturated heterocycles. The first-order chi connectivity index (χ1) is 9.54. The number of nitrogens with zero attached hydrogens (tertiary/aromatic N) is 2. The van der Waals surface area contributed by atoms with Crippen molar-refractivity contribution in [2.24, 2.45) is 0 Å². The fourth-order valence-electron chi connectivity index (χ4n) is 1.89. The molecule has 1 N–H and O–H groups in total. The van der Waals surface area contributed by atoms with Gasteiger partial charge in [0.2, 0.25) is 0 Å². The molecule has 1 rings (SSSR count). The summed E-state index contributed by atoms with van der Waals surface area (Å²) in [5.41, 5.74) is 3.30. The van der Waals surface area contributed by atoms with Gasteiger partial charge < -0.3 is 14.8 Å². The summed E-state index contributed by atoms with van der Waals surface area (Å²) in [6.45, 7) is 11.0. The van der Waals surface area contributed by atoms with Crippen LogP contribution in [0.2, 0.25) is 0 Å². The van der Waals surface area contributed by atoms with E-state index in [4.69, 9.17) is 9.47 Å². The van der Waals surface area contributed by atoms with Crippen LogP contribution in [0.15, 0.2) is 0 Å². The van der Waals surface area contributed by atoms with E-state index in [0.717, 1.165) is 30.2 Å². The molecule has 5 heteroatoms. The van der Waals surface area contributed by atoms with E-state index in [9.17, 15) is 0 Å². The van der Waals surface area contributed by atoms with Crippen molar-refractivity contribution in [3.8, 4) is 0 Å². The molecule has 0 amide bonds. The lowest BCUT2D eigenvalue weighted by molar-refractivity contribution is 0.0716. The maximum atomic E-state index is 5.45. The summed E-state index contributed by atoms with van der Waals surface area (Å²) in [4.78, 5) is 9.13. The van der Waals surface area contributed by atoms with Crippen molar-refractivity contribution in [1.82, 2.24) is 15.3 Å². The minimum Gasteiger partial charge on any atom is -0.382 e. The van der Waals surface area contributed by atoms with Crippen LogP contribution in [0.5, 0.6) is 0 Å². The molecule has 0 aliphatic carbocycles. The number of hydrogen-bond acceptors (Lipinski definition) is 5. The van der Waals surface area contributed by atoms with E-state index in [1.165, 1.54) is 5.56 Å². The predicted octanol–water partition coefficient (Wildman–Crippen LogP) is 1.80. The lowest BCUT2D eigenvalue weighted by Gasteiger charge is -2.13. The Hall–Kier alpha value is -1.04. The number of aromatic nitrogens is 2. The first-order valence-corrected chi connectivity index (χ1v) is 7.17. The Kier molecular flexibility index (Phi) is 7.65. The lowest BCUT2D eigenvalue weighted by Crippen LogP contribution is -2.23. The smallest absolute Gasteiger partial charge is 0.131 e. The van der Waals surface area contributed by atoms with Gasteiger partial charge in [0.05, 0.1) is 19.8 Å². The fraction of sp³-hybridized carbons (Fsp3) is 0.733. The van der Waals surface area contributed by atoms with Crippen molar-refractivity contribution in [3.63, 3.8) is 0 Å². The molecule has 1 heterocycles. The molecule has 0 spiro atoms. The third kappa shape index (κ3) is 5.94. The van der Waals surface area contributed by atoms with E-state index in [0.29, 0.717) is 25.9 Å². The number of hydrogen-bond donors (Lipinski definition) is 1. The van der Waals surface area contributed by atoms with Crippen LogP contribution < -0.4 is 5.32 Å². The molecule has 5 nitrogen and oxygen atoms in total. The van der Waals surface area contributed by atoms with Gasteiger partial charge in [-0.2, -0.15) is 0 Å². The zero-order valence-corrected chi connectivity index (χ0v) is 13.3. The number of nitrogens with one attached hydrogen (secondary N) is 1. The lowest BCUT2D eigenvalue weighted by atomic mass is 10.1. The van der Waals surface area contributed by atoms with Gasteiger partial charge in [0.1, 0.15) is 5.82 Å². The predicted molar refractivity (Wildman–Crippen MR) is 79.9 cm³/mol. The van der Waals surface area contributed by atoms with Gasteiger partial charge in [-0.15, -0.1) is 0 Å². The van der Waals surface area contributed by atoms with Gasteiger partial charge >= 0.3 is 0 Å². The van der Waals surface area contributed by atoms with Crippen LogP contribution >= 0.6 is 0 Å². The topological polar surface area (TPSA) is 56.3 Å². The summed E-state index contributed by atoms with van der Waals surface area (Å²) in [7, 11) is 1.67. The average Bonchev–Trinajstić information content (AvgIpc) is 2.37. The summed E-state index contributed by atoms with van der Waals surface area (Å²) in [6, 6.07) is 0.461. The van der Waals surface area contributed by atoms with Crippen molar-refractivity contribution < 1.29 is 9.47 Å². The van der Waals surface area contributed by atoms with Crippen LogP contribution in [-0.2, 0) is 22.4 Å². The molecule has 0 saturated carbocycles. The molecule has 114 valence electrons. The van der Waals surface area contributed by atoms with E-state index in [1.54, 1.807) is 7.11 Å². The summed E-state index contributed by atoms with van der Waals surface area (Å²) >= 11 is 0. The van der Waals surface area contributed by atoms with E-state index >= 15 is 0 Å². The quantitative estimate of drug-likeness (QED) is 0.699. The maximum Gasteiger partial charge on any atom is 0.131 e. The highest BCUT2D eigenvalue weighted by Gasteiger charge is 2.08. The van der Waals surface area contributed by atoms with Crippen molar-refractivity contribution in [3.05, 3.63) is 22.8 Å². The van der Waals surface area contributed by atoms with Gasteiger partial charge in [-0.25, -0.2) is 9.97 Å². The highest BCUT2D eigenvalue weighted by atomic mass is 16.5. The Morgan fingerprint density at radius 1 is 1.05 bits per heavy atom. The number of ether oxygens (including phenoxy) is 2. The number of rotatable bonds is 9. The number of aryl methyl sites for hydroxylation is 2. The largest absolute Gasteiger partial charge is 0.382 e. The minimum atomic E-state index is 0.461. The third-order valence-corrected chi connectivity index (χ3v) is 3.06. The molecule has 1 aromatic heterocycles. The minimum absolute atomic E-state index is 0.461. The van der Waals surface area contributed by atoms with Gasteiger partial charge in [0.25, 0.3) is 0 Å². The molecule has 20 heavy (non-hydrogen) atoms. The Bertz CT molecular complexity index is 385. The Morgan fingerprint density at radius 2 is 1.70 bits per heavy atom. The maximum absolute atomic E-state index is 5.45. The van der Waals surface area contributed by atoms with Gasteiger partial charge in [0.15, 0.2) is 0 Å². The fourth-order valence-corrected chi connectivity index (χ4v) is 1.89. The molecule has 0 aliphatic rings. The van der Waals surface area contributed by atoms with Crippen LogP contribution in [0.1, 0.15) is 36.6 Å². The van der Waals surface area contributed by atoms with Crippen LogP contribution in [0.3, 0.4) is 0 Å². The monoisotopic (exact) mass is 281 g/mol. The third-order valence-electron chi connectivity index (χ3n) is 3.06. The molecule has 0 radical (unpaired) electrons. The molecule has 0 aromatic carbocycles. The highest BCUT2D eigenvalue weighted by molar-refractivity contribution is 5.24. The van der Waals surface area contributed by atoms with E-state index < -0.39 is 0 Å². The van der Waals surface area contributed by atoms with Crippen LogP contribution in [-0.4, -0.2) is 42.9 Å². The van der Waals surface area contributed by atoms with Crippen LogP contribution in [0.25, 0.3) is 0 Å². The van der Waals surface area contributed by atoms with Gasteiger partial charge in [0, 0.05) is 43.1 Å². The summed E-state index contributed by atoms with van der Waals surface area (Å²) < 4.78 is 10.4. The normalized spacial score (nSPS) is 11.3. The molecule has 0 unspecified atom stereocenters. The standard InChI is InChI=1S/C15H27N3O2/c1-11(2)16-10-14-12(3)17-15(18-13(14)4)6-7-20-9-8-19-5/h11,16H,6-10H2,1-5H3. The number of methoxy groups -OCH3 is 1. The summed E-state index contributed by atoms with van der Waals surface area (Å²) in [5.74, 6) is 0.853. The van der Waals surface area contributed by atoms with E-state index in [2.05, 4.69) is 29.1 Å². The first-order valence-electron chi connectivity index (χ1n) is 7.17. The van der Waals surface area contributed by atoms with Gasteiger partial charge in [-0.1, -0.05) is 13.8 Å². The van der Waals surface area contributed by atoms with Crippen molar-refractivity contribution in [1.29, 1.82) is 0 Å². The van der Waals surface area contributed by atoms with Crippen molar-refractivity contribution >= 4 is 0 Å². The van der Waals surface area contributed by atoms with E-state index in [-0.39, 0.29) is 0 Å². The highest BCUT2D eigenvalue weighted by Crippen LogP contribution is 2.10. The molecule has 0 bridgehead atoms. The average molecular weight is 281 g/mol. The molecule has 1 aromatic rings. The second-order valence-corrected chi connectivity index (χ2v) is 5.18. The first kappa shape index (κ1) is 17.0. The molecule has 0 atom stereocenters. The second kappa shape index (κ2) is 9.00. The van der Waals surface area contributed by atoms with Crippen molar-refractivity contribution in [2.45, 2.75) is 46.7 Å². The van der Waals surface area contributed by atoms with Crippen molar-refractivity contribution in [2.75, 3.05) is 26.9 Å². The zero-order chi connectivity index (χ0) is 15.0. The molecular weight excluding hydrogens is 254 g/mol. The van der Waals surface area contributed by atoms with Crippen LogP contribution in [0, 0.1) is 13.8 Å². The molecular formula is C15H27N3O2.